The third-order valence-corrected chi connectivity index (χ3v) is 2.82. The second-order valence-electron chi connectivity index (χ2n) is 4.22. The fraction of sp³-hybridized carbons (Fsp3) is 0. The van der Waals surface area contributed by atoms with Gasteiger partial charge in [0.2, 0.25) is 0 Å². The van der Waals surface area contributed by atoms with E-state index in [2.05, 4.69) is 15.3 Å². The molecule has 0 aliphatic heterocycles. The van der Waals surface area contributed by atoms with Crippen LogP contribution in [0, 0.1) is 11.3 Å². The summed E-state index contributed by atoms with van der Waals surface area (Å²) in [4.78, 5) is 29.4. The molecule has 0 saturated heterocycles. The minimum Gasteiger partial charge on any atom is -0.408 e. The van der Waals surface area contributed by atoms with Crippen LogP contribution in [-0.2, 0) is 0 Å². The van der Waals surface area contributed by atoms with Crippen molar-refractivity contribution < 1.29 is 9.21 Å². The van der Waals surface area contributed by atoms with Gasteiger partial charge in [0.1, 0.15) is 11.8 Å². The Hall–Kier alpha value is -3.40. The van der Waals surface area contributed by atoms with Crippen molar-refractivity contribution in [3.8, 4) is 6.07 Å². The molecule has 1 amide bonds. The highest BCUT2D eigenvalue weighted by Crippen LogP contribution is 2.17. The topological polar surface area (TPSA) is 112 Å². The second kappa shape index (κ2) is 4.94. The van der Waals surface area contributed by atoms with Gasteiger partial charge < -0.3 is 9.73 Å². The van der Waals surface area contributed by atoms with E-state index < -0.39 is 5.76 Å². The highest BCUT2D eigenvalue weighted by atomic mass is 16.4. The highest BCUT2D eigenvalue weighted by Gasteiger charge is 2.09. The molecule has 0 saturated carbocycles. The van der Waals surface area contributed by atoms with E-state index in [4.69, 9.17) is 9.68 Å². The number of fused-ring (bicyclic) bond motifs is 1. The maximum absolute atomic E-state index is 12.1. The van der Waals surface area contributed by atoms with E-state index in [1.807, 2.05) is 6.07 Å². The van der Waals surface area contributed by atoms with Gasteiger partial charge in [0, 0.05) is 23.5 Å². The third kappa shape index (κ3) is 2.50. The molecule has 7 nitrogen and oxygen atoms in total. The molecule has 21 heavy (non-hydrogen) atoms. The molecule has 2 aromatic heterocycles. The van der Waals surface area contributed by atoms with Crippen LogP contribution in [0.3, 0.4) is 0 Å². The lowest BCUT2D eigenvalue weighted by atomic mass is 10.2. The molecule has 7 heteroatoms. The molecule has 3 rings (SSSR count). The van der Waals surface area contributed by atoms with Gasteiger partial charge in [0.05, 0.1) is 5.52 Å². The van der Waals surface area contributed by atoms with E-state index in [1.54, 1.807) is 12.1 Å². The summed E-state index contributed by atoms with van der Waals surface area (Å²) in [6.07, 6.45) is 1.39. The Bertz CT molecular complexity index is 933. The van der Waals surface area contributed by atoms with Crippen molar-refractivity contribution in [2.45, 2.75) is 0 Å². The first kappa shape index (κ1) is 12.6. The number of benzene rings is 1. The number of anilines is 1. The van der Waals surface area contributed by atoms with E-state index >= 15 is 0 Å². The molecule has 1 aromatic carbocycles. The molecule has 102 valence electrons. The largest absolute Gasteiger partial charge is 0.417 e. The van der Waals surface area contributed by atoms with Crippen LogP contribution in [0.2, 0.25) is 0 Å². The van der Waals surface area contributed by atoms with Gasteiger partial charge in [0.25, 0.3) is 5.91 Å². The minimum absolute atomic E-state index is 0.162. The van der Waals surface area contributed by atoms with Crippen molar-refractivity contribution in [3.63, 3.8) is 0 Å². The Morgan fingerprint density at radius 2 is 2.19 bits per heavy atom. The second-order valence-corrected chi connectivity index (χ2v) is 4.22. The molecule has 0 radical (unpaired) electrons. The zero-order chi connectivity index (χ0) is 14.8. The molecule has 0 aliphatic carbocycles. The van der Waals surface area contributed by atoms with Crippen molar-refractivity contribution in [1.82, 2.24) is 9.97 Å². The molecule has 3 aromatic rings. The van der Waals surface area contributed by atoms with E-state index in [1.165, 1.54) is 24.4 Å². The van der Waals surface area contributed by atoms with Gasteiger partial charge in [-0.15, -0.1) is 0 Å². The summed E-state index contributed by atoms with van der Waals surface area (Å²) in [5.74, 6) is -0.938. The lowest BCUT2D eigenvalue weighted by molar-refractivity contribution is 0.102. The van der Waals surface area contributed by atoms with Crippen LogP contribution in [-0.4, -0.2) is 15.9 Å². The van der Waals surface area contributed by atoms with Gasteiger partial charge in [-0.3, -0.25) is 9.78 Å². The summed E-state index contributed by atoms with van der Waals surface area (Å²) in [5, 5.41) is 11.4. The summed E-state index contributed by atoms with van der Waals surface area (Å²) < 4.78 is 4.92. The Labute approximate surface area is 117 Å². The lowest BCUT2D eigenvalue weighted by Gasteiger charge is -2.04. The van der Waals surface area contributed by atoms with Gasteiger partial charge >= 0.3 is 5.76 Å². The van der Waals surface area contributed by atoms with Crippen LogP contribution in [0.4, 0.5) is 5.69 Å². The fourth-order valence-electron chi connectivity index (χ4n) is 1.86. The SMILES string of the molecule is N#Cc1cc(C(=O)Nc2ccc3[nH]c(=O)oc3c2)ccn1. The maximum atomic E-state index is 12.1. The fourth-order valence-corrected chi connectivity index (χ4v) is 1.86. The summed E-state index contributed by atoms with van der Waals surface area (Å²) in [6.45, 7) is 0. The normalized spacial score (nSPS) is 10.2. The number of aromatic nitrogens is 2. The van der Waals surface area contributed by atoms with Crippen LogP contribution in [0.15, 0.2) is 45.7 Å². The Balaban J connectivity index is 1.88. The first-order valence-electron chi connectivity index (χ1n) is 5.96. The number of rotatable bonds is 2. The molecule has 0 spiro atoms. The lowest BCUT2D eigenvalue weighted by Crippen LogP contribution is -2.12. The standard InChI is InChI=1S/C14H8N4O3/c15-7-10-5-8(3-4-16-10)13(19)17-9-1-2-11-12(6-9)21-14(20)18-11/h1-6H,(H,17,19)(H,18,20). The van der Waals surface area contributed by atoms with Crippen LogP contribution in [0.5, 0.6) is 0 Å². The zero-order valence-electron chi connectivity index (χ0n) is 10.6. The predicted molar refractivity (Wildman–Crippen MR) is 73.7 cm³/mol. The Morgan fingerprint density at radius 3 is 3.00 bits per heavy atom. The number of nitrogens with zero attached hydrogens (tertiary/aromatic N) is 2. The number of carbonyl (C=O) groups excluding carboxylic acids is 1. The third-order valence-electron chi connectivity index (χ3n) is 2.82. The highest BCUT2D eigenvalue weighted by molar-refractivity contribution is 6.04. The molecule has 0 unspecified atom stereocenters. The molecule has 2 heterocycles. The summed E-state index contributed by atoms with van der Waals surface area (Å²) in [7, 11) is 0. The molecule has 0 fully saturated rings. The number of pyridine rings is 1. The maximum Gasteiger partial charge on any atom is 0.417 e. The summed E-state index contributed by atoms with van der Waals surface area (Å²) >= 11 is 0. The quantitative estimate of drug-likeness (QED) is 0.741. The van der Waals surface area contributed by atoms with E-state index in [0.29, 0.717) is 22.4 Å². The number of H-pyrrole nitrogens is 1. The molecule has 0 atom stereocenters. The van der Waals surface area contributed by atoms with Crippen LogP contribution < -0.4 is 11.1 Å². The first-order valence-corrected chi connectivity index (χ1v) is 5.96. The summed E-state index contributed by atoms with van der Waals surface area (Å²) in [6, 6.07) is 9.57. The number of nitriles is 1. The number of hydrogen-bond donors (Lipinski definition) is 2. The van der Waals surface area contributed by atoms with Crippen molar-refractivity contribution in [1.29, 1.82) is 5.26 Å². The summed E-state index contributed by atoms with van der Waals surface area (Å²) in [5.41, 5.74) is 1.86. The number of hydrogen-bond acceptors (Lipinski definition) is 5. The Morgan fingerprint density at radius 1 is 1.33 bits per heavy atom. The van der Waals surface area contributed by atoms with Crippen molar-refractivity contribution in [3.05, 3.63) is 58.3 Å². The van der Waals surface area contributed by atoms with Gasteiger partial charge in [-0.25, -0.2) is 9.78 Å². The van der Waals surface area contributed by atoms with Crippen LogP contribution in [0.25, 0.3) is 11.1 Å². The number of amides is 1. The van der Waals surface area contributed by atoms with E-state index in [9.17, 15) is 9.59 Å². The average Bonchev–Trinajstić information content (AvgIpc) is 2.86. The minimum atomic E-state index is -0.554. The van der Waals surface area contributed by atoms with Gasteiger partial charge in [-0.1, -0.05) is 0 Å². The van der Waals surface area contributed by atoms with Crippen LogP contribution >= 0.6 is 0 Å². The number of oxazole rings is 1. The molecular weight excluding hydrogens is 272 g/mol. The number of carbonyl (C=O) groups is 1. The van der Waals surface area contributed by atoms with Crippen molar-refractivity contribution in [2.75, 3.05) is 5.32 Å². The monoisotopic (exact) mass is 280 g/mol. The van der Waals surface area contributed by atoms with Crippen LogP contribution in [0.1, 0.15) is 16.1 Å². The molecule has 2 N–H and O–H groups in total. The van der Waals surface area contributed by atoms with E-state index in [0.717, 1.165) is 0 Å². The average molecular weight is 280 g/mol. The molecule has 0 aliphatic rings. The first-order chi connectivity index (χ1) is 10.2. The van der Waals surface area contributed by atoms with Gasteiger partial charge in [-0.05, 0) is 24.3 Å². The molecular formula is C14H8N4O3. The van der Waals surface area contributed by atoms with Gasteiger partial charge in [0.15, 0.2) is 5.58 Å². The smallest absolute Gasteiger partial charge is 0.408 e. The van der Waals surface area contributed by atoms with Crippen molar-refractivity contribution in [2.24, 2.45) is 0 Å². The zero-order valence-corrected chi connectivity index (χ0v) is 10.6. The number of nitrogens with one attached hydrogen (secondary N) is 2. The number of aromatic amines is 1. The Kier molecular flexibility index (Phi) is 2.97. The van der Waals surface area contributed by atoms with E-state index in [-0.39, 0.29) is 11.6 Å². The predicted octanol–water partition coefficient (Wildman–Crippen LogP) is 1.64. The van der Waals surface area contributed by atoms with Gasteiger partial charge in [-0.2, -0.15) is 5.26 Å². The molecule has 0 bridgehead atoms. The van der Waals surface area contributed by atoms with Crippen molar-refractivity contribution >= 4 is 22.7 Å².